The van der Waals surface area contributed by atoms with Crippen LogP contribution in [0.3, 0.4) is 0 Å². The second kappa shape index (κ2) is 5.91. The molecule has 0 unspecified atom stereocenters. The second-order valence-corrected chi connectivity index (χ2v) is 7.18. The molecule has 4 aromatic rings. The number of aryl methyl sites for hydroxylation is 1. The number of nitroso groups, excluding NO2 is 1. The van der Waals surface area contributed by atoms with E-state index < -0.39 is 0 Å². The van der Waals surface area contributed by atoms with Crippen LogP contribution in [0.4, 0.5) is 5.69 Å². The summed E-state index contributed by atoms with van der Waals surface area (Å²) in [6.45, 7) is 2.42. The Labute approximate surface area is 147 Å². The van der Waals surface area contributed by atoms with Crippen molar-refractivity contribution in [2.75, 3.05) is 0 Å². The highest BCUT2D eigenvalue weighted by Crippen LogP contribution is 2.40. The Morgan fingerprint density at radius 2 is 1.92 bits per heavy atom. The molecule has 0 saturated heterocycles. The summed E-state index contributed by atoms with van der Waals surface area (Å²) >= 11 is 1.45. The third-order valence-electron chi connectivity index (χ3n) is 4.34. The Balaban J connectivity index is 2.18. The van der Waals surface area contributed by atoms with E-state index in [9.17, 15) is 9.70 Å². The Kier molecular flexibility index (Phi) is 3.71. The molecule has 0 saturated carbocycles. The summed E-state index contributed by atoms with van der Waals surface area (Å²) in [6.07, 6.45) is 0. The monoisotopic (exact) mass is 349 g/mol. The molecule has 3 N–H and O–H groups in total. The van der Waals surface area contributed by atoms with Crippen molar-refractivity contribution in [2.24, 2.45) is 10.9 Å². The van der Waals surface area contributed by atoms with Crippen LogP contribution in [-0.4, -0.2) is 4.98 Å². The van der Waals surface area contributed by atoms with Gasteiger partial charge in [0.15, 0.2) is 0 Å². The Morgan fingerprint density at radius 3 is 2.60 bits per heavy atom. The SMILES string of the molecule is Cc1cc2c(s1)c(=O)[nH]c1ccc(N=O)c(-c3ccc(CN)cc3)c12. The van der Waals surface area contributed by atoms with Crippen molar-refractivity contribution in [3.05, 3.63) is 68.2 Å². The van der Waals surface area contributed by atoms with E-state index in [0.29, 0.717) is 22.4 Å². The molecule has 6 heteroatoms. The fourth-order valence-corrected chi connectivity index (χ4v) is 4.11. The number of fused-ring (bicyclic) bond motifs is 3. The van der Waals surface area contributed by atoms with Crippen molar-refractivity contribution in [3.63, 3.8) is 0 Å². The number of aromatic amines is 1. The van der Waals surface area contributed by atoms with Crippen LogP contribution >= 0.6 is 11.3 Å². The smallest absolute Gasteiger partial charge is 0.266 e. The fourth-order valence-electron chi connectivity index (χ4n) is 3.20. The summed E-state index contributed by atoms with van der Waals surface area (Å²) in [5.41, 5.74) is 9.22. The molecule has 0 amide bonds. The van der Waals surface area contributed by atoms with Gasteiger partial charge in [-0.2, -0.15) is 0 Å². The highest BCUT2D eigenvalue weighted by atomic mass is 32.1. The number of nitrogens with one attached hydrogen (secondary N) is 1. The third-order valence-corrected chi connectivity index (χ3v) is 5.39. The van der Waals surface area contributed by atoms with E-state index in [1.807, 2.05) is 37.3 Å². The topological polar surface area (TPSA) is 88.3 Å². The lowest BCUT2D eigenvalue weighted by molar-refractivity contribution is 1.07. The molecule has 25 heavy (non-hydrogen) atoms. The van der Waals surface area contributed by atoms with Crippen molar-refractivity contribution in [1.82, 2.24) is 4.98 Å². The normalized spacial score (nSPS) is 11.3. The van der Waals surface area contributed by atoms with Gasteiger partial charge in [0.2, 0.25) is 0 Å². The Morgan fingerprint density at radius 1 is 1.16 bits per heavy atom. The van der Waals surface area contributed by atoms with Crippen LogP contribution < -0.4 is 11.3 Å². The van der Waals surface area contributed by atoms with Gasteiger partial charge >= 0.3 is 0 Å². The molecule has 2 aromatic carbocycles. The number of aromatic nitrogens is 1. The maximum atomic E-state index is 12.3. The van der Waals surface area contributed by atoms with E-state index in [0.717, 1.165) is 32.3 Å². The quantitative estimate of drug-likeness (QED) is 0.531. The van der Waals surface area contributed by atoms with E-state index in [-0.39, 0.29) is 5.56 Å². The first-order valence-corrected chi connectivity index (χ1v) is 8.66. The number of benzene rings is 2. The summed E-state index contributed by atoms with van der Waals surface area (Å²) < 4.78 is 0.660. The Bertz CT molecular complexity index is 1170. The maximum absolute atomic E-state index is 12.3. The molecule has 2 heterocycles. The van der Waals surface area contributed by atoms with Gasteiger partial charge in [-0.05, 0) is 41.4 Å². The van der Waals surface area contributed by atoms with Crippen molar-refractivity contribution >= 4 is 38.0 Å². The number of hydrogen-bond donors (Lipinski definition) is 2. The molecular weight excluding hydrogens is 334 g/mol. The number of nitrogens with two attached hydrogens (primary N) is 1. The van der Waals surface area contributed by atoms with Crippen molar-refractivity contribution in [2.45, 2.75) is 13.5 Å². The molecular formula is C19H15N3O2S. The summed E-state index contributed by atoms with van der Waals surface area (Å²) in [6, 6.07) is 13.1. The van der Waals surface area contributed by atoms with Crippen LogP contribution in [0.1, 0.15) is 10.4 Å². The molecule has 0 spiro atoms. The van der Waals surface area contributed by atoms with Gasteiger partial charge in [-0.3, -0.25) is 4.79 Å². The number of H-pyrrole nitrogens is 1. The van der Waals surface area contributed by atoms with Crippen molar-refractivity contribution in [3.8, 4) is 11.1 Å². The second-order valence-electron chi connectivity index (χ2n) is 5.93. The van der Waals surface area contributed by atoms with E-state index in [4.69, 9.17) is 5.73 Å². The minimum atomic E-state index is -0.114. The van der Waals surface area contributed by atoms with Crippen molar-refractivity contribution in [1.29, 1.82) is 0 Å². The predicted molar refractivity (Wildman–Crippen MR) is 103 cm³/mol. The van der Waals surface area contributed by atoms with E-state index >= 15 is 0 Å². The van der Waals surface area contributed by atoms with Crippen LogP contribution in [0, 0.1) is 11.8 Å². The van der Waals surface area contributed by atoms with Gasteiger partial charge in [-0.15, -0.1) is 16.2 Å². The number of nitrogens with zero attached hydrogens (tertiary/aromatic N) is 1. The molecule has 124 valence electrons. The number of hydrogen-bond acceptors (Lipinski definition) is 5. The highest BCUT2D eigenvalue weighted by Gasteiger charge is 2.17. The molecule has 0 aliphatic rings. The van der Waals surface area contributed by atoms with Crippen LogP contribution in [0.5, 0.6) is 0 Å². The fraction of sp³-hybridized carbons (Fsp3) is 0.105. The molecule has 0 atom stereocenters. The van der Waals surface area contributed by atoms with Gasteiger partial charge < -0.3 is 10.7 Å². The van der Waals surface area contributed by atoms with E-state index in [1.54, 1.807) is 12.1 Å². The predicted octanol–water partition coefficient (Wildman–Crippen LogP) is 4.57. The number of thiophene rings is 1. The molecule has 0 fully saturated rings. The zero-order valence-electron chi connectivity index (χ0n) is 13.5. The molecule has 0 aliphatic heterocycles. The Hall–Kier alpha value is -2.83. The van der Waals surface area contributed by atoms with Gasteiger partial charge in [-0.1, -0.05) is 24.3 Å². The van der Waals surface area contributed by atoms with Crippen molar-refractivity contribution < 1.29 is 0 Å². The first kappa shape index (κ1) is 15.7. The van der Waals surface area contributed by atoms with E-state index in [2.05, 4.69) is 10.2 Å². The summed E-state index contributed by atoms with van der Waals surface area (Å²) in [5.74, 6) is 0. The average Bonchev–Trinajstić information content (AvgIpc) is 3.03. The number of pyridine rings is 1. The standard InChI is InChI=1S/C19H15N3O2S/c1-10-8-13-17-14(21-19(23)18(13)25-10)6-7-15(22-24)16(17)12-4-2-11(9-20)3-5-12/h2-8H,9,20H2,1H3,(H,21,23). The highest BCUT2D eigenvalue weighted by molar-refractivity contribution is 7.19. The molecule has 0 bridgehead atoms. The molecule has 2 aromatic heterocycles. The van der Waals surface area contributed by atoms with Crippen LogP contribution in [-0.2, 0) is 6.54 Å². The maximum Gasteiger partial charge on any atom is 0.266 e. The lowest BCUT2D eigenvalue weighted by atomic mass is 9.96. The van der Waals surface area contributed by atoms with Crippen LogP contribution in [0.25, 0.3) is 32.1 Å². The lowest BCUT2D eigenvalue weighted by Crippen LogP contribution is -2.04. The van der Waals surface area contributed by atoms with Gasteiger partial charge in [0, 0.05) is 33.3 Å². The average molecular weight is 349 g/mol. The molecule has 0 aliphatic carbocycles. The van der Waals surface area contributed by atoms with Crippen LogP contribution in [0.15, 0.2) is 52.4 Å². The van der Waals surface area contributed by atoms with E-state index in [1.165, 1.54) is 11.3 Å². The summed E-state index contributed by atoms with van der Waals surface area (Å²) in [7, 11) is 0. The zero-order chi connectivity index (χ0) is 17.6. The minimum Gasteiger partial charge on any atom is -0.326 e. The minimum absolute atomic E-state index is 0.114. The lowest BCUT2D eigenvalue weighted by Gasteiger charge is -2.11. The van der Waals surface area contributed by atoms with Gasteiger partial charge in [0.1, 0.15) is 10.4 Å². The molecule has 0 radical (unpaired) electrons. The molecule has 4 rings (SSSR count). The number of rotatable bonds is 3. The first-order valence-electron chi connectivity index (χ1n) is 7.84. The molecule has 5 nitrogen and oxygen atoms in total. The van der Waals surface area contributed by atoms with Gasteiger partial charge in [0.25, 0.3) is 5.56 Å². The zero-order valence-corrected chi connectivity index (χ0v) is 14.3. The summed E-state index contributed by atoms with van der Waals surface area (Å²) in [4.78, 5) is 27.7. The third kappa shape index (κ3) is 2.47. The van der Waals surface area contributed by atoms with Crippen LogP contribution in [0.2, 0.25) is 0 Å². The van der Waals surface area contributed by atoms with Gasteiger partial charge in [0.05, 0.1) is 0 Å². The summed E-state index contributed by atoms with van der Waals surface area (Å²) in [5, 5.41) is 4.91. The first-order chi connectivity index (χ1) is 12.1. The van der Waals surface area contributed by atoms with Gasteiger partial charge in [-0.25, -0.2) is 0 Å². The largest absolute Gasteiger partial charge is 0.326 e.